The van der Waals surface area contributed by atoms with Crippen molar-refractivity contribution in [1.82, 2.24) is 9.80 Å². The Morgan fingerprint density at radius 2 is 1.75 bits per heavy atom. The maximum Gasteiger partial charge on any atom is 0.234 e. The largest absolute Gasteiger partial charge is 0.332 e. The molecule has 0 radical (unpaired) electrons. The number of hydrogen-bond acceptors (Lipinski definition) is 2. The summed E-state index contributed by atoms with van der Waals surface area (Å²) < 4.78 is 0. The van der Waals surface area contributed by atoms with E-state index in [1.54, 1.807) is 0 Å². The molecule has 3 nitrogen and oxygen atoms in total. The number of carbonyl (C=O) groups is 1. The molecule has 1 saturated heterocycles. The summed E-state index contributed by atoms with van der Waals surface area (Å²) in [4.78, 5) is 16.3. The van der Waals surface area contributed by atoms with Crippen LogP contribution in [0, 0.1) is 5.92 Å². The summed E-state index contributed by atoms with van der Waals surface area (Å²) in [5, 5.41) is 0.743. The molecule has 0 saturated carbocycles. The van der Waals surface area contributed by atoms with Crippen molar-refractivity contribution in [3.63, 3.8) is 0 Å². The van der Waals surface area contributed by atoms with E-state index < -0.39 is 0 Å². The van der Waals surface area contributed by atoms with Crippen LogP contribution in [0.25, 0.3) is 0 Å². The number of carbonyl (C=O) groups excluding carboxylic acids is 1. The minimum Gasteiger partial charge on any atom is -0.332 e. The first-order chi connectivity index (χ1) is 11.5. The summed E-state index contributed by atoms with van der Waals surface area (Å²) in [7, 11) is 0. The Morgan fingerprint density at radius 1 is 1.12 bits per heavy atom. The number of benzene rings is 1. The van der Waals surface area contributed by atoms with Gasteiger partial charge in [0.1, 0.15) is 5.82 Å². The third kappa shape index (κ3) is 4.41. The van der Waals surface area contributed by atoms with Gasteiger partial charge < -0.3 is 4.90 Å². The molecule has 24 heavy (non-hydrogen) atoms. The molecule has 1 aliphatic rings. The van der Waals surface area contributed by atoms with E-state index in [1.165, 1.54) is 5.56 Å². The van der Waals surface area contributed by atoms with Crippen LogP contribution in [0.1, 0.15) is 38.7 Å². The van der Waals surface area contributed by atoms with Gasteiger partial charge in [0.2, 0.25) is 5.91 Å². The van der Waals surface area contributed by atoms with Crippen molar-refractivity contribution in [1.29, 1.82) is 0 Å². The van der Waals surface area contributed by atoms with Gasteiger partial charge in [0, 0.05) is 23.8 Å². The lowest BCUT2D eigenvalue weighted by molar-refractivity contribution is -0.132. The molecule has 0 spiro atoms. The van der Waals surface area contributed by atoms with Crippen LogP contribution in [0.4, 0.5) is 0 Å². The zero-order valence-electron chi connectivity index (χ0n) is 14.7. The predicted octanol–water partition coefficient (Wildman–Crippen LogP) is 4.84. The van der Waals surface area contributed by atoms with Crippen molar-refractivity contribution in [3.8, 4) is 0 Å². The Balaban J connectivity index is 2.05. The van der Waals surface area contributed by atoms with Crippen LogP contribution in [0.2, 0.25) is 5.02 Å². The summed E-state index contributed by atoms with van der Waals surface area (Å²) >= 11 is 5.94. The van der Waals surface area contributed by atoms with E-state index in [0.29, 0.717) is 12.3 Å². The number of amides is 1. The molecule has 130 valence electrons. The van der Waals surface area contributed by atoms with Gasteiger partial charge in [-0.05, 0) is 30.0 Å². The maximum atomic E-state index is 12.4. The molecular weight excluding hydrogens is 320 g/mol. The highest BCUT2D eigenvalue weighted by Gasteiger charge is 2.30. The van der Waals surface area contributed by atoms with Crippen LogP contribution in [0.5, 0.6) is 0 Å². The van der Waals surface area contributed by atoms with Gasteiger partial charge in [-0.2, -0.15) is 0 Å². The Morgan fingerprint density at radius 3 is 2.33 bits per heavy atom. The fraction of sp³-hybridized carbons (Fsp3) is 0.450. The van der Waals surface area contributed by atoms with E-state index >= 15 is 0 Å². The Kier molecular flexibility index (Phi) is 6.50. The minimum atomic E-state index is 0.111. The number of halogens is 1. The lowest BCUT2D eigenvalue weighted by Crippen LogP contribution is -2.46. The van der Waals surface area contributed by atoms with Crippen molar-refractivity contribution < 1.29 is 4.79 Å². The Labute approximate surface area is 150 Å². The van der Waals surface area contributed by atoms with E-state index in [2.05, 4.69) is 31.9 Å². The van der Waals surface area contributed by atoms with Crippen molar-refractivity contribution in [3.05, 3.63) is 59.5 Å². The van der Waals surface area contributed by atoms with Crippen LogP contribution in [-0.4, -0.2) is 28.8 Å². The van der Waals surface area contributed by atoms with E-state index in [-0.39, 0.29) is 5.91 Å². The maximum absolute atomic E-state index is 12.4. The lowest BCUT2D eigenvalue weighted by atomic mass is 10.0. The Hall–Kier alpha value is -1.74. The van der Waals surface area contributed by atoms with Gasteiger partial charge in [0.05, 0.1) is 6.42 Å². The molecular formula is C20H27ClN2O. The van der Waals surface area contributed by atoms with Gasteiger partial charge in [-0.25, -0.2) is 0 Å². The highest BCUT2D eigenvalue weighted by Crippen LogP contribution is 2.27. The van der Waals surface area contributed by atoms with E-state index in [9.17, 15) is 4.79 Å². The smallest absolute Gasteiger partial charge is 0.234 e. The molecule has 0 bridgehead atoms. The summed E-state index contributed by atoms with van der Waals surface area (Å²) in [5.41, 5.74) is 2.04. The number of rotatable bonds is 7. The van der Waals surface area contributed by atoms with Crippen molar-refractivity contribution in [2.75, 3.05) is 13.1 Å². The minimum absolute atomic E-state index is 0.111. The van der Waals surface area contributed by atoms with Crippen molar-refractivity contribution in [2.45, 2.75) is 39.5 Å². The average molecular weight is 347 g/mol. The normalized spacial score (nSPS) is 15.6. The second-order valence-corrected chi connectivity index (χ2v) is 6.81. The summed E-state index contributed by atoms with van der Waals surface area (Å²) in [5.74, 6) is 1.38. The Bertz CT molecular complexity index is 605. The molecule has 0 aromatic heterocycles. The molecule has 1 amide bonds. The molecule has 4 heteroatoms. The van der Waals surface area contributed by atoms with Crippen molar-refractivity contribution >= 4 is 17.5 Å². The standard InChI is InChI=1S/C20H27ClN2O/c1-5-17(6-2)14-23-16(4)22(15(3)13-20(23)24)12-11-18-7-9-19(21)10-8-18/h7-10,17H,3-6,11-14H2,1-2H3. The van der Waals surface area contributed by atoms with Gasteiger partial charge in [-0.3, -0.25) is 9.69 Å². The van der Waals surface area contributed by atoms with Crippen molar-refractivity contribution in [2.24, 2.45) is 5.92 Å². The van der Waals surface area contributed by atoms with Gasteiger partial charge in [-0.1, -0.05) is 63.6 Å². The molecule has 1 aliphatic heterocycles. The molecule has 1 fully saturated rings. The highest BCUT2D eigenvalue weighted by atomic mass is 35.5. The van der Waals surface area contributed by atoms with Crippen LogP contribution in [-0.2, 0) is 11.2 Å². The summed E-state index contributed by atoms with van der Waals surface area (Å²) in [6, 6.07) is 7.87. The third-order valence-electron chi connectivity index (χ3n) is 4.79. The van der Waals surface area contributed by atoms with E-state index in [1.807, 2.05) is 29.2 Å². The molecule has 0 atom stereocenters. The van der Waals surface area contributed by atoms with Gasteiger partial charge in [-0.15, -0.1) is 0 Å². The van der Waals surface area contributed by atoms with Crippen LogP contribution >= 0.6 is 11.6 Å². The van der Waals surface area contributed by atoms with E-state index in [0.717, 1.165) is 48.9 Å². The number of nitrogens with zero attached hydrogens (tertiary/aromatic N) is 2. The average Bonchev–Trinajstić information content (AvgIpc) is 2.56. The molecule has 1 heterocycles. The fourth-order valence-electron chi connectivity index (χ4n) is 3.03. The molecule has 2 rings (SSSR count). The molecule has 0 unspecified atom stereocenters. The molecule has 1 aromatic carbocycles. The van der Waals surface area contributed by atoms with Crippen LogP contribution in [0.3, 0.4) is 0 Å². The zero-order valence-corrected chi connectivity index (χ0v) is 15.5. The highest BCUT2D eigenvalue weighted by molar-refractivity contribution is 6.30. The van der Waals surface area contributed by atoms with Gasteiger partial charge in [0.15, 0.2) is 0 Å². The first-order valence-corrected chi connectivity index (χ1v) is 9.03. The first kappa shape index (κ1) is 18.6. The monoisotopic (exact) mass is 346 g/mol. The molecule has 0 N–H and O–H groups in total. The molecule has 0 aliphatic carbocycles. The third-order valence-corrected chi connectivity index (χ3v) is 5.05. The summed E-state index contributed by atoms with van der Waals surface area (Å²) in [6.45, 7) is 14.1. The van der Waals surface area contributed by atoms with Gasteiger partial charge >= 0.3 is 0 Å². The first-order valence-electron chi connectivity index (χ1n) is 8.65. The zero-order chi connectivity index (χ0) is 17.7. The second-order valence-electron chi connectivity index (χ2n) is 6.37. The van der Waals surface area contributed by atoms with E-state index in [4.69, 9.17) is 11.6 Å². The molecule has 1 aromatic rings. The number of hydrogen-bond donors (Lipinski definition) is 0. The van der Waals surface area contributed by atoms with Crippen LogP contribution < -0.4 is 0 Å². The lowest BCUT2D eigenvalue weighted by Gasteiger charge is -2.41. The van der Waals surface area contributed by atoms with Crippen LogP contribution in [0.15, 0.2) is 48.9 Å². The predicted molar refractivity (Wildman–Crippen MR) is 101 cm³/mol. The quantitative estimate of drug-likeness (QED) is 0.705. The fourth-order valence-corrected chi connectivity index (χ4v) is 3.15. The SMILES string of the molecule is C=C1CC(=O)N(CC(CC)CC)C(=C)N1CCc1ccc(Cl)cc1. The topological polar surface area (TPSA) is 23.6 Å². The summed E-state index contributed by atoms with van der Waals surface area (Å²) in [6.07, 6.45) is 3.38. The van der Waals surface area contributed by atoms with Gasteiger partial charge in [0.25, 0.3) is 0 Å². The second kappa shape index (κ2) is 8.39.